The molecule has 24 heavy (non-hydrogen) atoms. The summed E-state index contributed by atoms with van der Waals surface area (Å²) in [5.41, 5.74) is 3.06. The zero-order chi connectivity index (χ0) is 16.4. The first-order valence-corrected chi connectivity index (χ1v) is 8.34. The monoisotopic (exact) mass is 327 g/mol. The number of hydrogen-bond acceptors (Lipinski definition) is 5. The van der Waals surface area contributed by atoms with Crippen molar-refractivity contribution in [1.29, 1.82) is 0 Å². The number of fused-ring (bicyclic) bond motifs is 1. The zero-order valence-electron chi connectivity index (χ0n) is 13.5. The molecule has 126 valence electrons. The van der Waals surface area contributed by atoms with Gasteiger partial charge in [-0.25, -0.2) is 4.98 Å². The van der Waals surface area contributed by atoms with Crippen LogP contribution in [0.4, 0.5) is 0 Å². The number of nitrogens with zero attached hydrogens (tertiary/aromatic N) is 4. The Balaban J connectivity index is 1.59. The molecule has 0 saturated carbocycles. The van der Waals surface area contributed by atoms with Gasteiger partial charge in [0.1, 0.15) is 6.04 Å². The molecule has 1 amide bonds. The third-order valence-electron chi connectivity index (χ3n) is 4.73. The highest BCUT2D eigenvalue weighted by atomic mass is 16.5. The number of H-pyrrole nitrogens is 1. The number of aromatic amines is 1. The number of carbonyl (C=O) groups excluding carboxylic acids is 1. The van der Waals surface area contributed by atoms with E-state index in [-0.39, 0.29) is 11.9 Å². The summed E-state index contributed by atoms with van der Waals surface area (Å²) in [5, 5.41) is 0. The van der Waals surface area contributed by atoms with E-state index in [1.807, 2.05) is 17.0 Å². The first kappa shape index (κ1) is 15.3. The molecule has 1 saturated heterocycles. The van der Waals surface area contributed by atoms with Gasteiger partial charge in [-0.05, 0) is 11.6 Å². The molecule has 4 rings (SSSR count). The smallest absolute Gasteiger partial charge is 0.244 e. The molecule has 0 bridgehead atoms. The van der Waals surface area contributed by atoms with Gasteiger partial charge in [0, 0.05) is 38.4 Å². The molecule has 0 aliphatic carbocycles. The maximum atomic E-state index is 13.3. The van der Waals surface area contributed by atoms with Crippen molar-refractivity contribution in [2.75, 3.05) is 32.8 Å². The third-order valence-corrected chi connectivity index (χ3v) is 4.73. The molecule has 4 heterocycles. The largest absolute Gasteiger partial charge is 0.379 e. The van der Waals surface area contributed by atoms with Crippen LogP contribution in [0.2, 0.25) is 0 Å². The zero-order valence-corrected chi connectivity index (χ0v) is 13.5. The van der Waals surface area contributed by atoms with Gasteiger partial charge in [0.15, 0.2) is 0 Å². The van der Waals surface area contributed by atoms with Gasteiger partial charge in [-0.3, -0.25) is 14.7 Å². The fourth-order valence-electron chi connectivity index (χ4n) is 3.46. The molecular formula is C17H21N5O2. The normalized spacial score (nSPS) is 19.8. The van der Waals surface area contributed by atoms with E-state index in [4.69, 9.17) is 4.74 Å². The quantitative estimate of drug-likeness (QED) is 0.901. The van der Waals surface area contributed by atoms with Crippen LogP contribution in [0.1, 0.15) is 23.0 Å². The number of hydrogen-bond donors (Lipinski definition) is 1. The maximum absolute atomic E-state index is 13.3. The lowest BCUT2D eigenvalue weighted by atomic mass is 10.0. The van der Waals surface area contributed by atoms with Gasteiger partial charge in [0.2, 0.25) is 5.91 Å². The van der Waals surface area contributed by atoms with Gasteiger partial charge < -0.3 is 14.6 Å². The van der Waals surface area contributed by atoms with Gasteiger partial charge in [-0.15, -0.1) is 0 Å². The summed E-state index contributed by atoms with van der Waals surface area (Å²) < 4.78 is 5.45. The van der Waals surface area contributed by atoms with Crippen molar-refractivity contribution in [3.63, 3.8) is 0 Å². The van der Waals surface area contributed by atoms with E-state index in [0.717, 1.165) is 36.5 Å². The Morgan fingerprint density at radius 3 is 2.96 bits per heavy atom. The minimum absolute atomic E-state index is 0.130. The fraction of sp³-hybridized carbons (Fsp3) is 0.471. The Labute approximate surface area is 140 Å². The van der Waals surface area contributed by atoms with Crippen LogP contribution in [0.25, 0.3) is 0 Å². The molecule has 1 N–H and O–H groups in total. The van der Waals surface area contributed by atoms with Crippen LogP contribution in [0, 0.1) is 0 Å². The van der Waals surface area contributed by atoms with Crippen molar-refractivity contribution in [3.05, 3.63) is 47.8 Å². The second kappa shape index (κ2) is 6.70. The van der Waals surface area contributed by atoms with Crippen molar-refractivity contribution < 1.29 is 9.53 Å². The number of ether oxygens (including phenoxy) is 1. The highest BCUT2D eigenvalue weighted by Crippen LogP contribution is 2.26. The van der Waals surface area contributed by atoms with E-state index < -0.39 is 0 Å². The molecule has 1 unspecified atom stereocenters. The number of nitrogens with one attached hydrogen (secondary N) is 1. The lowest BCUT2D eigenvalue weighted by molar-refractivity contribution is -0.140. The van der Waals surface area contributed by atoms with Crippen LogP contribution in [-0.4, -0.2) is 63.5 Å². The standard InChI is InChI=1S/C17H21N5O2/c23-17(22-5-3-14-15(11-22)20-12-19-14)16(13-2-1-4-18-10-13)21-6-8-24-9-7-21/h1-2,4,10,12,16H,3,5-9,11H2,(H,19,20). The minimum atomic E-state index is -0.299. The van der Waals surface area contributed by atoms with E-state index >= 15 is 0 Å². The minimum Gasteiger partial charge on any atom is -0.379 e. The summed E-state index contributed by atoms with van der Waals surface area (Å²) in [5.74, 6) is 0.130. The number of rotatable bonds is 3. The Morgan fingerprint density at radius 2 is 2.17 bits per heavy atom. The number of imidazole rings is 1. The molecule has 2 aliphatic heterocycles. The van der Waals surface area contributed by atoms with Gasteiger partial charge in [-0.2, -0.15) is 0 Å². The summed E-state index contributed by atoms with van der Waals surface area (Å²) in [6.45, 7) is 4.14. The predicted molar refractivity (Wildman–Crippen MR) is 87.1 cm³/mol. The van der Waals surface area contributed by atoms with Crippen molar-refractivity contribution in [2.45, 2.75) is 19.0 Å². The summed E-state index contributed by atoms with van der Waals surface area (Å²) >= 11 is 0. The molecule has 7 nitrogen and oxygen atoms in total. The molecule has 1 fully saturated rings. The van der Waals surface area contributed by atoms with Gasteiger partial charge in [0.25, 0.3) is 0 Å². The van der Waals surface area contributed by atoms with Crippen LogP contribution >= 0.6 is 0 Å². The SMILES string of the molecule is O=C(C(c1cccnc1)N1CCOCC1)N1CCc2nc[nH]c2C1. The maximum Gasteiger partial charge on any atom is 0.244 e. The number of morpholine rings is 1. The number of pyridine rings is 1. The number of carbonyl (C=O) groups is 1. The number of aromatic nitrogens is 3. The van der Waals surface area contributed by atoms with E-state index in [2.05, 4.69) is 19.9 Å². The highest BCUT2D eigenvalue weighted by molar-refractivity contribution is 5.83. The van der Waals surface area contributed by atoms with E-state index in [1.54, 1.807) is 18.7 Å². The van der Waals surface area contributed by atoms with Crippen molar-refractivity contribution >= 4 is 5.91 Å². The molecular weight excluding hydrogens is 306 g/mol. The lowest BCUT2D eigenvalue weighted by Gasteiger charge is -2.37. The first-order valence-electron chi connectivity index (χ1n) is 8.34. The Bertz CT molecular complexity index is 696. The lowest BCUT2D eigenvalue weighted by Crippen LogP contribution is -2.48. The summed E-state index contributed by atoms with van der Waals surface area (Å²) in [4.78, 5) is 29.1. The Morgan fingerprint density at radius 1 is 1.29 bits per heavy atom. The molecule has 0 aromatic carbocycles. The van der Waals surface area contributed by atoms with E-state index in [0.29, 0.717) is 26.3 Å². The second-order valence-corrected chi connectivity index (χ2v) is 6.17. The Kier molecular flexibility index (Phi) is 4.27. The fourth-order valence-corrected chi connectivity index (χ4v) is 3.46. The topological polar surface area (TPSA) is 74.4 Å². The summed E-state index contributed by atoms with van der Waals surface area (Å²) in [6.07, 6.45) is 6.04. The van der Waals surface area contributed by atoms with Gasteiger partial charge in [0.05, 0.1) is 37.5 Å². The Hall–Kier alpha value is -2.25. The van der Waals surface area contributed by atoms with E-state index in [1.165, 1.54) is 0 Å². The highest BCUT2D eigenvalue weighted by Gasteiger charge is 2.34. The van der Waals surface area contributed by atoms with Crippen LogP contribution in [0.3, 0.4) is 0 Å². The average molecular weight is 327 g/mol. The van der Waals surface area contributed by atoms with Crippen LogP contribution in [0.15, 0.2) is 30.9 Å². The van der Waals surface area contributed by atoms with E-state index in [9.17, 15) is 4.79 Å². The molecule has 7 heteroatoms. The molecule has 0 spiro atoms. The van der Waals surface area contributed by atoms with Crippen molar-refractivity contribution in [1.82, 2.24) is 24.8 Å². The average Bonchev–Trinajstić information content (AvgIpc) is 3.11. The predicted octanol–water partition coefficient (Wildman–Crippen LogP) is 0.763. The second-order valence-electron chi connectivity index (χ2n) is 6.17. The van der Waals surface area contributed by atoms with Crippen molar-refractivity contribution in [2.24, 2.45) is 0 Å². The van der Waals surface area contributed by atoms with Crippen LogP contribution in [-0.2, 0) is 22.5 Å². The molecule has 0 radical (unpaired) electrons. The summed E-state index contributed by atoms with van der Waals surface area (Å²) in [6, 6.07) is 3.57. The van der Waals surface area contributed by atoms with Gasteiger partial charge >= 0.3 is 0 Å². The number of amides is 1. The molecule has 2 aromatic rings. The summed E-state index contributed by atoms with van der Waals surface area (Å²) in [7, 11) is 0. The molecule has 1 atom stereocenters. The van der Waals surface area contributed by atoms with Crippen molar-refractivity contribution in [3.8, 4) is 0 Å². The molecule has 2 aliphatic rings. The van der Waals surface area contributed by atoms with Crippen LogP contribution < -0.4 is 0 Å². The molecule has 2 aromatic heterocycles. The van der Waals surface area contributed by atoms with Gasteiger partial charge in [-0.1, -0.05) is 6.07 Å². The first-order chi connectivity index (χ1) is 11.8. The van der Waals surface area contributed by atoms with Crippen LogP contribution in [0.5, 0.6) is 0 Å². The third kappa shape index (κ3) is 2.92.